The first kappa shape index (κ1) is 15.6. The summed E-state index contributed by atoms with van der Waals surface area (Å²) in [5, 5.41) is 4.63. The first-order valence-electron chi connectivity index (χ1n) is 8.34. The van der Waals surface area contributed by atoms with E-state index >= 15 is 0 Å². The van der Waals surface area contributed by atoms with E-state index in [0.29, 0.717) is 11.3 Å². The Kier molecular flexibility index (Phi) is 3.84. The van der Waals surface area contributed by atoms with E-state index in [-0.39, 0.29) is 11.7 Å². The summed E-state index contributed by atoms with van der Waals surface area (Å²) in [5.41, 5.74) is 3.97. The first-order valence-corrected chi connectivity index (χ1v) is 8.34. The quantitative estimate of drug-likeness (QED) is 0.729. The van der Waals surface area contributed by atoms with Gasteiger partial charge in [-0.25, -0.2) is 9.07 Å². The summed E-state index contributed by atoms with van der Waals surface area (Å²) >= 11 is 0. The van der Waals surface area contributed by atoms with Crippen LogP contribution in [0.25, 0.3) is 16.9 Å². The van der Waals surface area contributed by atoms with Crippen LogP contribution in [0.4, 0.5) is 4.39 Å². The highest BCUT2D eigenvalue weighted by molar-refractivity contribution is 6.00. The molecule has 0 aliphatic carbocycles. The summed E-state index contributed by atoms with van der Waals surface area (Å²) in [7, 11) is 0. The predicted octanol–water partition coefficient (Wildman–Crippen LogP) is 3.83. The molecule has 3 aromatic rings. The first-order chi connectivity index (χ1) is 12.1. The van der Waals surface area contributed by atoms with Gasteiger partial charge in [0.2, 0.25) is 0 Å². The van der Waals surface area contributed by atoms with Gasteiger partial charge in [-0.05, 0) is 43.7 Å². The summed E-state index contributed by atoms with van der Waals surface area (Å²) in [4.78, 5) is 14.6. The minimum Gasteiger partial charge on any atom is -0.338 e. The van der Waals surface area contributed by atoms with E-state index in [0.717, 1.165) is 36.3 Å². The Morgan fingerprint density at radius 2 is 1.88 bits per heavy atom. The molecular formula is C20H18FN3O. The molecular weight excluding hydrogens is 317 g/mol. The van der Waals surface area contributed by atoms with Gasteiger partial charge in [0.25, 0.3) is 5.91 Å². The van der Waals surface area contributed by atoms with Crippen molar-refractivity contribution in [3.8, 4) is 16.9 Å². The van der Waals surface area contributed by atoms with Gasteiger partial charge in [-0.1, -0.05) is 23.8 Å². The van der Waals surface area contributed by atoms with Crippen molar-refractivity contribution < 1.29 is 9.18 Å². The van der Waals surface area contributed by atoms with Crippen molar-refractivity contribution in [2.45, 2.75) is 13.3 Å². The molecule has 2 aromatic carbocycles. The molecule has 0 N–H and O–H groups in total. The molecule has 5 heteroatoms. The van der Waals surface area contributed by atoms with Crippen LogP contribution >= 0.6 is 0 Å². The maximum absolute atomic E-state index is 13.2. The van der Waals surface area contributed by atoms with Gasteiger partial charge in [0.1, 0.15) is 11.5 Å². The van der Waals surface area contributed by atoms with E-state index in [1.807, 2.05) is 36.1 Å². The molecule has 0 unspecified atom stereocenters. The molecule has 4 rings (SSSR count). The van der Waals surface area contributed by atoms with Crippen LogP contribution in [0.1, 0.15) is 22.3 Å². The van der Waals surface area contributed by atoms with Crippen molar-refractivity contribution in [1.82, 2.24) is 14.7 Å². The lowest BCUT2D eigenvalue weighted by Crippen LogP contribution is -2.42. The minimum absolute atomic E-state index is 0.00359. The molecule has 1 aliphatic heterocycles. The topological polar surface area (TPSA) is 38.1 Å². The van der Waals surface area contributed by atoms with Crippen molar-refractivity contribution >= 4 is 5.91 Å². The number of amides is 1. The fraction of sp³-hybridized carbons (Fsp3) is 0.200. The zero-order chi connectivity index (χ0) is 17.4. The van der Waals surface area contributed by atoms with E-state index in [2.05, 4.69) is 5.10 Å². The molecule has 0 saturated carbocycles. The Bertz CT molecular complexity index is 926. The van der Waals surface area contributed by atoms with E-state index in [9.17, 15) is 9.18 Å². The van der Waals surface area contributed by atoms with Crippen LogP contribution in [0.3, 0.4) is 0 Å². The molecule has 2 heterocycles. The van der Waals surface area contributed by atoms with E-state index in [1.165, 1.54) is 12.1 Å². The zero-order valence-electron chi connectivity index (χ0n) is 13.9. The molecule has 1 aromatic heterocycles. The summed E-state index contributed by atoms with van der Waals surface area (Å²) in [6.07, 6.45) is 2.78. The number of benzene rings is 2. The number of aryl methyl sites for hydroxylation is 1. The number of hydrogen-bond acceptors (Lipinski definition) is 2. The highest BCUT2D eigenvalue weighted by Gasteiger charge is 2.26. The second-order valence-corrected chi connectivity index (χ2v) is 6.33. The molecule has 25 heavy (non-hydrogen) atoms. The Balaban J connectivity index is 1.82. The number of carbonyl (C=O) groups is 1. The maximum atomic E-state index is 13.2. The number of likely N-dealkylation sites (tertiary alicyclic amines) is 1. The van der Waals surface area contributed by atoms with Crippen molar-refractivity contribution in [1.29, 1.82) is 0 Å². The lowest BCUT2D eigenvalue weighted by molar-refractivity contribution is 0.0652. The monoisotopic (exact) mass is 335 g/mol. The molecule has 0 bridgehead atoms. The number of carbonyl (C=O) groups excluding carboxylic acids is 1. The Morgan fingerprint density at radius 1 is 1.12 bits per heavy atom. The molecule has 126 valence electrons. The summed E-state index contributed by atoms with van der Waals surface area (Å²) in [6, 6.07) is 14.0. The molecule has 0 atom stereocenters. The highest BCUT2D eigenvalue weighted by Crippen LogP contribution is 2.27. The number of hydrogen-bond donors (Lipinski definition) is 0. The number of aromatic nitrogens is 2. The average Bonchev–Trinajstić information content (AvgIpc) is 2.99. The van der Waals surface area contributed by atoms with Gasteiger partial charge in [-0.15, -0.1) is 0 Å². The van der Waals surface area contributed by atoms with E-state index in [4.69, 9.17) is 0 Å². The Morgan fingerprint density at radius 3 is 2.52 bits per heavy atom. The molecule has 1 aliphatic rings. The van der Waals surface area contributed by atoms with Gasteiger partial charge in [0.05, 0.1) is 11.3 Å². The standard InChI is InChI=1S/C20H18FN3O/c1-14-4-2-5-15(12-14)19-18(20(25)23-10-3-11-23)13-24(22-19)17-8-6-16(21)7-9-17/h2,4-9,12-13H,3,10-11H2,1H3. The second-order valence-electron chi connectivity index (χ2n) is 6.33. The van der Waals surface area contributed by atoms with Gasteiger partial charge in [-0.3, -0.25) is 4.79 Å². The smallest absolute Gasteiger partial charge is 0.257 e. The largest absolute Gasteiger partial charge is 0.338 e. The fourth-order valence-corrected chi connectivity index (χ4v) is 2.95. The van der Waals surface area contributed by atoms with Gasteiger partial charge in [0.15, 0.2) is 0 Å². The van der Waals surface area contributed by atoms with Crippen LogP contribution < -0.4 is 0 Å². The molecule has 0 radical (unpaired) electrons. The van der Waals surface area contributed by atoms with E-state index in [1.54, 1.807) is 23.0 Å². The van der Waals surface area contributed by atoms with Crippen LogP contribution in [0.5, 0.6) is 0 Å². The van der Waals surface area contributed by atoms with Gasteiger partial charge in [0, 0.05) is 24.8 Å². The van der Waals surface area contributed by atoms with Crippen molar-refractivity contribution in [2.24, 2.45) is 0 Å². The van der Waals surface area contributed by atoms with Crippen LogP contribution in [0.15, 0.2) is 54.7 Å². The van der Waals surface area contributed by atoms with Crippen LogP contribution in [0, 0.1) is 12.7 Å². The molecule has 1 saturated heterocycles. The third-order valence-electron chi connectivity index (χ3n) is 4.47. The van der Waals surface area contributed by atoms with Crippen LogP contribution in [0.2, 0.25) is 0 Å². The number of rotatable bonds is 3. The predicted molar refractivity (Wildman–Crippen MR) is 94.2 cm³/mol. The zero-order valence-corrected chi connectivity index (χ0v) is 13.9. The van der Waals surface area contributed by atoms with Crippen LogP contribution in [-0.2, 0) is 0 Å². The van der Waals surface area contributed by atoms with E-state index < -0.39 is 0 Å². The second kappa shape index (κ2) is 6.16. The SMILES string of the molecule is Cc1cccc(-c2nn(-c3ccc(F)cc3)cc2C(=O)N2CCC2)c1. The lowest BCUT2D eigenvalue weighted by atomic mass is 10.0. The fourth-order valence-electron chi connectivity index (χ4n) is 2.95. The molecule has 0 spiro atoms. The average molecular weight is 335 g/mol. The molecule has 1 amide bonds. The third kappa shape index (κ3) is 2.93. The van der Waals surface area contributed by atoms with Crippen LogP contribution in [-0.4, -0.2) is 33.7 Å². The molecule has 1 fully saturated rings. The maximum Gasteiger partial charge on any atom is 0.257 e. The third-order valence-corrected chi connectivity index (χ3v) is 4.47. The summed E-state index contributed by atoms with van der Waals surface area (Å²) in [5.74, 6) is -0.303. The number of nitrogens with zero attached hydrogens (tertiary/aromatic N) is 3. The minimum atomic E-state index is -0.299. The number of halogens is 1. The normalized spacial score (nSPS) is 13.6. The van der Waals surface area contributed by atoms with Crippen molar-refractivity contribution in [3.05, 3.63) is 71.7 Å². The van der Waals surface area contributed by atoms with Crippen molar-refractivity contribution in [3.63, 3.8) is 0 Å². The van der Waals surface area contributed by atoms with Gasteiger partial charge >= 0.3 is 0 Å². The van der Waals surface area contributed by atoms with Crippen molar-refractivity contribution in [2.75, 3.05) is 13.1 Å². The highest BCUT2D eigenvalue weighted by atomic mass is 19.1. The summed E-state index contributed by atoms with van der Waals surface area (Å²) in [6.45, 7) is 3.58. The summed E-state index contributed by atoms with van der Waals surface area (Å²) < 4.78 is 14.8. The molecule has 4 nitrogen and oxygen atoms in total. The van der Waals surface area contributed by atoms with Gasteiger partial charge < -0.3 is 4.90 Å². The Hall–Kier alpha value is -2.95. The Labute approximate surface area is 145 Å². The lowest BCUT2D eigenvalue weighted by Gasteiger charge is -2.30. The van der Waals surface area contributed by atoms with Gasteiger partial charge in [-0.2, -0.15) is 5.10 Å².